The SMILES string of the molecule is [2H]C([2H])([2H])c1c[c-]c(-c2ccc(C([2H])([2H])C(C)(C)C)cn2)cc1-c1ccccc1.[2H]C([2H])([2H])c1ccc(-c2cc(-c3[c-]ccc4c3oc3nc(C([2H])([2H])[2H])ccc34)ncc2C([2H])([2H])[2H])c(C([2H])([2H])[2H])c1.[Ir]. The van der Waals surface area contributed by atoms with E-state index in [0.717, 1.165) is 17.8 Å². The summed E-state index contributed by atoms with van der Waals surface area (Å²) in [6.07, 6.45) is 1.15. The molecule has 4 aromatic heterocycles. The van der Waals surface area contributed by atoms with Crippen molar-refractivity contribution in [3.05, 3.63) is 161 Å². The summed E-state index contributed by atoms with van der Waals surface area (Å²) in [7, 11) is 0. The molecule has 4 nitrogen and oxygen atoms in total. The summed E-state index contributed by atoms with van der Waals surface area (Å²) in [5.41, 5.74) is 2.94. The number of benzene rings is 4. The molecular weight excluding hydrogens is 839 g/mol. The van der Waals surface area contributed by atoms with E-state index < -0.39 is 46.0 Å². The molecule has 4 aromatic carbocycles. The van der Waals surface area contributed by atoms with Gasteiger partial charge in [0, 0.05) is 66.9 Å². The predicted molar refractivity (Wildman–Crippen MR) is 220 cm³/mol. The fourth-order valence-corrected chi connectivity index (χ4v) is 5.96. The van der Waals surface area contributed by atoms with Crippen LogP contribution in [0.1, 0.15) is 77.6 Å². The van der Waals surface area contributed by atoms with Crippen LogP contribution in [0.2, 0.25) is 0 Å². The van der Waals surface area contributed by atoms with E-state index >= 15 is 0 Å². The Morgan fingerprint density at radius 3 is 2.28 bits per heavy atom. The Morgan fingerprint density at radius 1 is 0.704 bits per heavy atom. The van der Waals surface area contributed by atoms with E-state index in [4.69, 9.17) is 27.7 Å². The normalized spacial score (nSPS) is 17.4. The molecule has 0 aliphatic heterocycles. The van der Waals surface area contributed by atoms with Crippen LogP contribution in [-0.2, 0) is 26.5 Å². The first-order chi connectivity index (χ1) is 32.3. The maximum Gasteiger partial charge on any atom is 0.216 e. The van der Waals surface area contributed by atoms with Gasteiger partial charge in [0.2, 0.25) is 5.71 Å². The summed E-state index contributed by atoms with van der Waals surface area (Å²) in [6, 6.07) is 33.5. The predicted octanol–water partition coefficient (Wildman–Crippen LogP) is 12.9. The third kappa shape index (κ3) is 8.44. The Morgan fingerprint density at radius 2 is 1.54 bits per heavy atom. The number of rotatable bonds is 5. The molecule has 0 unspecified atom stereocenters. The summed E-state index contributed by atoms with van der Waals surface area (Å²) in [6.45, 7) is -7.14. The molecule has 0 saturated heterocycles. The van der Waals surface area contributed by atoms with Crippen molar-refractivity contribution in [3.8, 4) is 44.8 Å². The van der Waals surface area contributed by atoms with Gasteiger partial charge in [-0.2, -0.15) is 0 Å². The third-order valence-corrected chi connectivity index (χ3v) is 8.36. The van der Waals surface area contributed by atoms with Gasteiger partial charge in [0.05, 0.1) is 5.58 Å². The van der Waals surface area contributed by atoms with Crippen LogP contribution in [0.5, 0.6) is 0 Å². The number of fused-ring (bicyclic) bond motifs is 3. The van der Waals surface area contributed by atoms with Crippen molar-refractivity contribution in [2.24, 2.45) is 5.41 Å². The number of furan rings is 1. The zero-order valence-corrected chi connectivity index (χ0v) is 31.9. The molecule has 0 N–H and O–H groups in total. The van der Waals surface area contributed by atoms with Gasteiger partial charge in [0.25, 0.3) is 0 Å². The maximum absolute atomic E-state index is 8.39. The molecule has 0 saturated carbocycles. The second kappa shape index (κ2) is 16.0. The largest absolute Gasteiger partial charge is 0.486 e. The van der Waals surface area contributed by atoms with Gasteiger partial charge < -0.3 is 14.4 Å². The minimum atomic E-state index is -2.76. The van der Waals surface area contributed by atoms with Crippen molar-refractivity contribution < 1.29 is 47.8 Å². The van der Waals surface area contributed by atoms with E-state index in [2.05, 4.69) is 27.1 Å². The van der Waals surface area contributed by atoms with Gasteiger partial charge >= 0.3 is 0 Å². The molecule has 0 atom stereocenters. The van der Waals surface area contributed by atoms with Gasteiger partial charge in [0.15, 0.2) is 0 Å². The third-order valence-electron chi connectivity index (χ3n) is 8.36. The molecule has 1 radical (unpaired) electrons. The first kappa shape index (κ1) is 22.2. The van der Waals surface area contributed by atoms with Gasteiger partial charge in [-0.05, 0) is 96.1 Å². The quantitative estimate of drug-likeness (QED) is 0.162. The Balaban J connectivity index is 0.000000243. The van der Waals surface area contributed by atoms with Crippen LogP contribution in [0.15, 0.2) is 120 Å². The number of aryl methyl sites for hydroxylation is 5. The van der Waals surface area contributed by atoms with Crippen molar-refractivity contribution in [1.29, 1.82) is 0 Å². The molecule has 0 fully saturated rings. The monoisotopic (exact) mass is 901 g/mol. The number of hydrogen-bond acceptors (Lipinski definition) is 4. The molecular formula is C49H45IrN3O-2. The van der Waals surface area contributed by atoms with Crippen molar-refractivity contribution >= 4 is 22.1 Å². The number of nitrogens with zero attached hydrogens (tertiary/aromatic N) is 3. The van der Waals surface area contributed by atoms with E-state index in [1.807, 2.05) is 51.1 Å². The van der Waals surface area contributed by atoms with Crippen molar-refractivity contribution in [1.82, 2.24) is 15.0 Å². The van der Waals surface area contributed by atoms with Crippen molar-refractivity contribution in [2.75, 3.05) is 0 Å². The average molecular weight is 901 g/mol. The number of pyridine rings is 3. The summed E-state index contributed by atoms with van der Waals surface area (Å²) in [4.78, 5) is 12.9. The number of hydrogen-bond donors (Lipinski definition) is 0. The molecule has 5 heteroatoms. The van der Waals surface area contributed by atoms with Crippen LogP contribution in [0, 0.1) is 51.8 Å². The van der Waals surface area contributed by atoms with Crippen LogP contribution >= 0.6 is 0 Å². The van der Waals surface area contributed by atoms with Crippen molar-refractivity contribution in [3.63, 3.8) is 0 Å². The zero-order chi connectivity index (χ0) is 51.6. The fraction of sp³-hybridized carbons (Fsp3) is 0.204. The summed E-state index contributed by atoms with van der Waals surface area (Å²) in [5.74, 6) is 0. The molecule has 273 valence electrons. The van der Waals surface area contributed by atoms with Crippen molar-refractivity contribution in [2.45, 2.75) is 61.4 Å². The molecule has 0 bridgehead atoms. The van der Waals surface area contributed by atoms with E-state index in [0.29, 0.717) is 38.7 Å². The maximum atomic E-state index is 8.39. The molecule has 0 spiro atoms. The van der Waals surface area contributed by atoms with Gasteiger partial charge in [-0.3, -0.25) is 0 Å². The molecule has 0 amide bonds. The molecule has 4 heterocycles. The zero-order valence-electron chi connectivity index (χ0n) is 46.6. The Bertz CT molecular complexity index is 3200. The second-order valence-electron chi connectivity index (χ2n) is 13.5. The Labute approximate surface area is 357 Å². The minimum Gasteiger partial charge on any atom is -0.486 e. The molecule has 8 aromatic rings. The van der Waals surface area contributed by atoms with Gasteiger partial charge in [-0.25, -0.2) is 4.98 Å². The van der Waals surface area contributed by atoms with Crippen LogP contribution < -0.4 is 0 Å². The average Bonchev–Trinajstić information content (AvgIpc) is 3.65. The Hall–Kier alpha value is -5.22. The Kier molecular flexibility index (Phi) is 6.60. The second-order valence-corrected chi connectivity index (χ2v) is 13.5. The van der Waals surface area contributed by atoms with E-state index in [1.54, 1.807) is 42.6 Å². The van der Waals surface area contributed by atoms with Gasteiger partial charge in [0.1, 0.15) is 0 Å². The summed E-state index contributed by atoms with van der Waals surface area (Å²) >= 11 is 0. The summed E-state index contributed by atoms with van der Waals surface area (Å²) in [5, 5.41) is 1.14. The van der Waals surface area contributed by atoms with Crippen LogP contribution in [0.25, 0.3) is 66.8 Å². The van der Waals surface area contributed by atoms with Crippen LogP contribution in [0.4, 0.5) is 0 Å². The topological polar surface area (TPSA) is 51.8 Å². The van der Waals surface area contributed by atoms with Gasteiger partial charge in [-0.1, -0.05) is 116 Å². The minimum absolute atomic E-state index is 0. The smallest absolute Gasteiger partial charge is 0.216 e. The van der Waals surface area contributed by atoms with E-state index in [-0.39, 0.29) is 76.2 Å². The first-order valence-corrected chi connectivity index (χ1v) is 16.8. The molecule has 0 aliphatic rings. The number of aromatic nitrogens is 3. The van der Waals surface area contributed by atoms with Crippen LogP contribution in [-0.4, -0.2) is 15.0 Å². The van der Waals surface area contributed by atoms with Gasteiger partial charge in [-0.15, -0.1) is 47.5 Å². The molecule has 8 rings (SSSR count). The summed E-state index contributed by atoms with van der Waals surface area (Å²) < 4.78 is 141. The molecule has 54 heavy (non-hydrogen) atoms. The van der Waals surface area contributed by atoms with E-state index in [1.165, 1.54) is 30.3 Å². The molecule has 0 aliphatic carbocycles. The fourth-order valence-electron chi connectivity index (χ4n) is 5.96. The standard InChI is InChI=1S/C26H21N2O.C23H24N.Ir/c1-15-8-10-19(16(2)12-15)23-13-24(27-14-17(23)3)22-7-5-6-20-21-11-9-18(4)28-26(21)29-25(20)22;1-17-10-12-20(14-21(17)19-8-6-5-7-9-19)22-13-11-18(16-24-22)15-23(2,3)4;/h5-6,8-14H,1-4H3;5-11,13-14,16H,15H2,1-4H3;/q2*-1;/i1D3,2D3,3D3,4D3;1D3,15D2;. The first-order valence-electron chi connectivity index (χ1n) is 25.3. The van der Waals surface area contributed by atoms with E-state index in [9.17, 15) is 0 Å². The van der Waals surface area contributed by atoms with Crippen LogP contribution in [0.3, 0.4) is 0 Å².